The molecule has 216 valence electrons. The van der Waals surface area contributed by atoms with E-state index >= 15 is 0 Å². The highest BCUT2D eigenvalue weighted by Gasteiger charge is 2.16. The van der Waals surface area contributed by atoms with Gasteiger partial charge in [-0.2, -0.15) is 0 Å². The number of benzene rings is 4. The van der Waals surface area contributed by atoms with Crippen LogP contribution in [0.15, 0.2) is 111 Å². The van der Waals surface area contributed by atoms with E-state index in [0.29, 0.717) is 84.2 Å². The predicted molar refractivity (Wildman–Crippen MR) is 159 cm³/mol. The zero-order chi connectivity index (χ0) is 29.6. The Kier molecular flexibility index (Phi) is 11.0. The van der Waals surface area contributed by atoms with E-state index in [9.17, 15) is 9.59 Å². The molecule has 0 spiro atoms. The highest BCUT2D eigenvalue weighted by atomic mass is 16.5. The molecule has 0 heterocycles. The number of esters is 2. The number of hydrogen-bond donors (Lipinski definition) is 0. The second-order valence-electron chi connectivity index (χ2n) is 8.91. The zero-order valence-corrected chi connectivity index (χ0v) is 23.2. The average molecular weight is 569 g/mol. The van der Waals surface area contributed by atoms with Crippen molar-refractivity contribution in [2.75, 3.05) is 26.4 Å². The van der Waals surface area contributed by atoms with Crippen LogP contribution in [0.5, 0.6) is 23.0 Å². The van der Waals surface area contributed by atoms with Gasteiger partial charge in [0.25, 0.3) is 0 Å². The summed E-state index contributed by atoms with van der Waals surface area (Å²) in [5.41, 5.74) is 0.740. The summed E-state index contributed by atoms with van der Waals surface area (Å²) in [5, 5.41) is 1.25. The molecule has 0 fully saturated rings. The first-order valence-electron chi connectivity index (χ1n) is 13.5. The van der Waals surface area contributed by atoms with Crippen molar-refractivity contribution in [1.29, 1.82) is 0 Å². The van der Waals surface area contributed by atoms with Crippen LogP contribution >= 0.6 is 0 Å². The summed E-state index contributed by atoms with van der Waals surface area (Å²) in [5.74, 6) is 0.921. The van der Waals surface area contributed by atoms with E-state index < -0.39 is 11.9 Å². The fourth-order valence-corrected chi connectivity index (χ4v) is 3.95. The Balaban J connectivity index is 1.38. The Morgan fingerprint density at radius 2 is 0.952 bits per heavy atom. The summed E-state index contributed by atoms with van der Waals surface area (Å²) in [6.45, 7) is 9.00. The number of hydrogen-bond acceptors (Lipinski definition) is 8. The monoisotopic (exact) mass is 568 g/mol. The maximum absolute atomic E-state index is 12.9. The summed E-state index contributed by atoms with van der Waals surface area (Å²) >= 11 is 0. The molecule has 0 aromatic heterocycles. The Bertz CT molecular complexity index is 1380. The van der Waals surface area contributed by atoms with Gasteiger partial charge in [0.15, 0.2) is 0 Å². The molecule has 0 radical (unpaired) electrons. The number of fused-ring (bicyclic) bond motifs is 1. The molecule has 4 aromatic rings. The maximum atomic E-state index is 12.9. The number of carbonyl (C=O) groups excluding carboxylic acids is 2. The van der Waals surface area contributed by atoms with Gasteiger partial charge in [0.05, 0.1) is 50.1 Å². The largest absolute Gasteiger partial charge is 0.502 e. The SMILES string of the molecule is C=COCCCOc1ccc(C(=O)Oc2ccc(OC(=O)c3ccc(OCCCOC=C)cc3)c3ccccc23)cc1. The molecule has 0 aliphatic carbocycles. The van der Waals surface area contributed by atoms with E-state index in [1.807, 2.05) is 12.1 Å². The van der Waals surface area contributed by atoms with Gasteiger partial charge in [0.2, 0.25) is 0 Å². The van der Waals surface area contributed by atoms with E-state index in [4.69, 9.17) is 28.4 Å². The van der Waals surface area contributed by atoms with Crippen LogP contribution in [0.4, 0.5) is 0 Å². The van der Waals surface area contributed by atoms with Gasteiger partial charge in [-0.25, -0.2) is 9.59 Å². The second kappa shape index (κ2) is 15.5. The number of rotatable bonds is 16. The van der Waals surface area contributed by atoms with Crippen molar-refractivity contribution in [3.8, 4) is 23.0 Å². The van der Waals surface area contributed by atoms with Gasteiger partial charge in [-0.1, -0.05) is 37.4 Å². The predicted octanol–water partition coefficient (Wildman–Crippen LogP) is 7.14. The van der Waals surface area contributed by atoms with Crippen LogP contribution in [0.3, 0.4) is 0 Å². The summed E-state index contributed by atoms with van der Waals surface area (Å²) in [6, 6.07) is 23.9. The topological polar surface area (TPSA) is 89.5 Å². The lowest BCUT2D eigenvalue weighted by molar-refractivity contribution is 0.0723. The van der Waals surface area contributed by atoms with Gasteiger partial charge in [-0.05, 0) is 60.7 Å². The molecule has 4 aromatic carbocycles. The van der Waals surface area contributed by atoms with Crippen molar-refractivity contribution < 1.29 is 38.0 Å². The summed E-state index contributed by atoms with van der Waals surface area (Å²) in [7, 11) is 0. The summed E-state index contributed by atoms with van der Waals surface area (Å²) in [4.78, 5) is 25.8. The molecular weight excluding hydrogens is 536 g/mol. The van der Waals surface area contributed by atoms with Crippen molar-refractivity contribution in [3.05, 3.63) is 122 Å². The van der Waals surface area contributed by atoms with Crippen LogP contribution in [-0.2, 0) is 9.47 Å². The normalized spacial score (nSPS) is 10.4. The molecule has 0 aliphatic heterocycles. The first kappa shape index (κ1) is 29.7. The second-order valence-corrected chi connectivity index (χ2v) is 8.91. The van der Waals surface area contributed by atoms with Crippen LogP contribution in [0.1, 0.15) is 33.6 Å². The number of ether oxygens (including phenoxy) is 6. The lowest BCUT2D eigenvalue weighted by Crippen LogP contribution is -2.10. The third-order valence-electron chi connectivity index (χ3n) is 6.02. The molecule has 8 nitrogen and oxygen atoms in total. The Morgan fingerprint density at radius 1 is 0.548 bits per heavy atom. The Labute approximate surface area is 244 Å². The standard InChI is InChI=1S/C34H32O8/c1-3-37-21-7-23-39-27-15-11-25(12-16-27)33(35)41-31-19-20-32(30-10-6-5-9-29(30)31)42-34(36)26-13-17-28(18-14-26)40-24-8-22-38-4-2/h3-6,9-20H,1-2,7-8,21-24H2. The molecular formula is C34H32O8. The molecule has 0 saturated carbocycles. The van der Waals surface area contributed by atoms with Gasteiger partial charge >= 0.3 is 11.9 Å². The summed E-state index contributed by atoms with van der Waals surface area (Å²) in [6.07, 6.45) is 4.21. The lowest BCUT2D eigenvalue weighted by Gasteiger charge is -2.12. The van der Waals surface area contributed by atoms with Crippen LogP contribution in [0.2, 0.25) is 0 Å². The van der Waals surface area contributed by atoms with E-state index in [-0.39, 0.29) is 0 Å². The number of carbonyl (C=O) groups is 2. The lowest BCUT2D eigenvalue weighted by atomic mass is 10.1. The fourth-order valence-electron chi connectivity index (χ4n) is 3.95. The summed E-state index contributed by atoms with van der Waals surface area (Å²) < 4.78 is 32.9. The molecule has 4 rings (SSSR count). The smallest absolute Gasteiger partial charge is 0.343 e. The zero-order valence-electron chi connectivity index (χ0n) is 23.2. The van der Waals surface area contributed by atoms with Gasteiger partial charge in [0.1, 0.15) is 23.0 Å². The first-order valence-corrected chi connectivity index (χ1v) is 13.5. The minimum Gasteiger partial charge on any atom is -0.502 e. The van der Waals surface area contributed by atoms with Crippen molar-refractivity contribution >= 4 is 22.7 Å². The van der Waals surface area contributed by atoms with Crippen molar-refractivity contribution in [1.82, 2.24) is 0 Å². The minimum atomic E-state index is -0.522. The molecule has 0 amide bonds. The van der Waals surface area contributed by atoms with Crippen LogP contribution in [0, 0.1) is 0 Å². The molecule has 42 heavy (non-hydrogen) atoms. The first-order chi connectivity index (χ1) is 20.6. The van der Waals surface area contributed by atoms with E-state index in [1.165, 1.54) is 12.5 Å². The van der Waals surface area contributed by atoms with Gasteiger partial charge in [0, 0.05) is 23.6 Å². The van der Waals surface area contributed by atoms with Crippen LogP contribution < -0.4 is 18.9 Å². The van der Waals surface area contributed by atoms with Crippen LogP contribution in [0.25, 0.3) is 10.8 Å². The molecule has 0 saturated heterocycles. The van der Waals surface area contributed by atoms with Crippen LogP contribution in [-0.4, -0.2) is 38.4 Å². The van der Waals surface area contributed by atoms with Gasteiger partial charge in [-0.15, -0.1) is 0 Å². The third kappa shape index (κ3) is 8.38. The fraction of sp³-hybridized carbons (Fsp3) is 0.176. The quantitative estimate of drug-likeness (QED) is 0.0610. The minimum absolute atomic E-state index is 0.345. The van der Waals surface area contributed by atoms with E-state index in [0.717, 1.165) is 0 Å². The molecule has 0 N–H and O–H groups in total. The third-order valence-corrected chi connectivity index (χ3v) is 6.02. The van der Waals surface area contributed by atoms with Gasteiger partial charge in [-0.3, -0.25) is 0 Å². The highest BCUT2D eigenvalue weighted by molar-refractivity contribution is 6.00. The van der Waals surface area contributed by atoms with E-state index in [2.05, 4.69) is 13.2 Å². The Morgan fingerprint density at radius 3 is 1.33 bits per heavy atom. The van der Waals surface area contributed by atoms with E-state index in [1.54, 1.807) is 72.8 Å². The molecule has 0 bridgehead atoms. The average Bonchev–Trinajstić information content (AvgIpc) is 3.02. The molecule has 0 unspecified atom stereocenters. The molecule has 0 aliphatic rings. The van der Waals surface area contributed by atoms with Crippen molar-refractivity contribution in [3.63, 3.8) is 0 Å². The Hall–Kier alpha value is -5.24. The van der Waals surface area contributed by atoms with Gasteiger partial charge < -0.3 is 28.4 Å². The highest BCUT2D eigenvalue weighted by Crippen LogP contribution is 2.34. The maximum Gasteiger partial charge on any atom is 0.343 e. The molecule has 8 heteroatoms. The molecule has 0 atom stereocenters. The van der Waals surface area contributed by atoms with Crippen molar-refractivity contribution in [2.24, 2.45) is 0 Å². The van der Waals surface area contributed by atoms with Crippen molar-refractivity contribution in [2.45, 2.75) is 12.8 Å².